The molecule has 0 aliphatic heterocycles. The fraction of sp³-hybridized carbons (Fsp3) is 0.0435. The molecule has 5 nitrogen and oxygen atoms in total. The van der Waals surface area contributed by atoms with Crippen molar-refractivity contribution in [2.45, 2.75) is 11.8 Å². The van der Waals surface area contributed by atoms with E-state index in [0.717, 1.165) is 21.8 Å². The first-order valence-corrected chi connectivity index (χ1v) is 11.5. The molecule has 0 radical (unpaired) electrons. The van der Waals surface area contributed by atoms with E-state index < -0.39 is 10.0 Å². The molecule has 0 atom stereocenters. The first kappa shape index (κ1) is 20.0. The van der Waals surface area contributed by atoms with Gasteiger partial charge in [-0.2, -0.15) is 0 Å². The fourth-order valence-corrected chi connectivity index (χ4v) is 4.89. The zero-order valence-corrected chi connectivity index (χ0v) is 17.7. The number of anilines is 1. The molecule has 0 saturated heterocycles. The van der Waals surface area contributed by atoms with Gasteiger partial charge >= 0.3 is 0 Å². The van der Waals surface area contributed by atoms with Crippen LogP contribution in [0, 0.1) is 0 Å². The van der Waals surface area contributed by atoms with E-state index in [4.69, 9.17) is 0 Å². The average molecular weight is 435 g/mol. The van der Waals surface area contributed by atoms with E-state index in [1.807, 2.05) is 41.8 Å². The molecular formula is C23H18N2O3S2. The molecule has 0 spiro atoms. The zero-order chi connectivity index (χ0) is 21.1. The minimum Gasteiger partial charge on any atom is -0.295 e. The molecule has 7 heteroatoms. The van der Waals surface area contributed by atoms with Crippen molar-refractivity contribution in [1.82, 2.24) is 4.98 Å². The standard InChI is InChI=1S/C23H18N2O3S2/c1-16(26)18-9-6-12-21(14-18)30(27,28)25-20-11-5-10-19(13-20)22-15-29-23(24-22)17-7-3-2-4-8-17/h2-15,25H,1H3. The smallest absolute Gasteiger partial charge is 0.261 e. The topological polar surface area (TPSA) is 76.1 Å². The molecule has 4 aromatic rings. The number of nitrogens with zero attached hydrogens (tertiary/aromatic N) is 1. The second-order valence-corrected chi connectivity index (χ2v) is 9.21. The normalized spacial score (nSPS) is 11.2. The molecular weight excluding hydrogens is 416 g/mol. The number of benzene rings is 3. The third kappa shape index (κ3) is 4.32. The highest BCUT2D eigenvalue weighted by atomic mass is 32.2. The first-order chi connectivity index (χ1) is 14.4. The van der Waals surface area contributed by atoms with Gasteiger partial charge in [-0.15, -0.1) is 11.3 Å². The molecule has 1 aromatic heterocycles. The minimum atomic E-state index is -3.83. The van der Waals surface area contributed by atoms with Gasteiger partial charge in [0.05, 0.1) is 10.6 Å². The van der Waals surface area contributed by atoms with Crippen LogP contribution in [-0.4, -0.2) is 19.2 Å². The lowest BCUT2D eigenvalue weighted by Crippen LogP contribution is -2.13. The van der Waals surface area contributed by atoms with Crippen LogP contribution < -0.4 is 4.72 Å². The Morgan fingerprint density at radius 2 is 1.63 bits per heavy atom. The van der Waals surface area contributed by atoms with E-state index in [0.29, 0.717) is 11.3 Å². The Morgan fingerprint density at radius 3 is 2.40 bits per heavy atom. The summed E-state index contributed by atoms with van der Waals surface area (Å²) in [5.41, 5.74) is 3.40. The maximum Gasteiger partial charge on any atom is 0.261 e. The van der Waals surface area contributed by atoms with Crippen LogP contribution in [0.2, 0.25) is 0 Å². The Hall–Kier alpha value is -3.29. The number of ketones is 1. The number of aromatic nitrogens is 1. The predicted molar refractivity (Wildman–Crippen MR) is 120 cm³/mol. The number of nitrogens with one attached hydrogen (secondary N) is 1. The van der Waals surface area contributed by atoms with Crippen molar-refractivity contribution >= 4 is 32.8 Å². The van der Waals surface area contributed by atoms with E-state index in [-0.39, 0.29) is 10.7 Å². The van der Waals surface area contributed by atoms with Gasteiger partial charge in [0.2, 0.25) is 0 Å². The van der Waals surface area contributed by atoms with Crippen LogP contribution in [-0.2, 0) is 10.0 Å². The van der Waals surface area contributed by atoms with E-state index in [2.05, 4.69) is 9.71 Å². The summed E-state index contributed by atoms with van der Waals surface area (Å²) >= 11 is 1.54. The zero-order valence-electron chi connectivity index (χ0n) is 16.1. The highest BCUT2D eigenvalue weighted by Gasteiger charge is 2.16. The number of thiazole rings is 1. The number of rotatable bonds is 6. The van der Waals surface area contributed by atoms with Crippen molar-refractivity contribution in [3.63, 3.8) is 0 Å². The third-order valence-electron chi connectivity index (χ3n) is 4.49. The Bertz CT molecular complexity index is 1310. The number of carbonyl (C=O) groups excluding carboxylic acids is 1. The van der Waals surface area contributed by atoms with Crippen molar-refractivity contribution in [1.29, 1.82) is 0 Å². The van der Waals surface area contributed by atoms with Gasteiger partial charge in [0, 0.05) is 27.8 Å². The number of sulfonamides is 1. The van der Waals surface area contributed by atoms with Crippen LogP contribution in [0.15, 0.2) is 89.1 Å². The van der Waals surface area contributed by atoms with Gasteiger partial charge in [0.25, 0.3) is 10.0 Å². The average Bonchev–Trinajstić information content (AvgIpc) is 3.25. The fourth-order valence-electron chi connectivity index (χ4n) is 2.96. The number of carbonyl (C=O) groups is 1. The lowest BCUT2D eigenvalue weighted by Gasteiger charge is -2.10. The minimum absolute atomic E-state index is 0.0422. The van der Waals surface area contributed by atoms with Gasteiger partial charge in [-0.25, -0.2) is 13.4 Å². The van der Waals surface area contributed by atoms with E-state index in [1.165, 1.54) is 30.4 Å². The molecule has 3 aromatic carbocycles. The van der Waals surface area contributed by atoms with Gasteiger partial charge in [-0.05, 0) is 31.2 Å². The van der Waals surface area contributed by atoms with Gasteiger partial charge in [-0.3, -0.25) is 9.52 Å². The molecule has 0 fully saturated rings. The maximum atomic E-state index is 12.8. The van der Waals surface area contributed by atoms with Gasteiger partial charge in [-0.1, -0.05) is 54.6 Å². The number of hydrogen-bond acceptors (Lipinski definition) is 5. The van der Waals surface area contributed by atoms with Crippen molar-refractivity contribution in [3.05, 3.63) is 89.8 Å². The molecule has 30 heavy (non-hydrogen) atoms. The first-order valence-electron chi connectivity index (χ1n) is 9.17. The molecule has 0 bridgehead atoms. The predicted octanol–water partition coefficient (Wildman–Crippen LogP) is 5.48. The van der Waals surface area contributed by atoms with Crippen molar-refractivity contribution in [2.75, 3.05) is 4.72 Å². The lowest BCUT2D eigenvalue weighted by molar-refractivity contribution is 0.101. The Labute approximate surface area is 179 Å². The van der Waals surface area contributed by atoms with E-state index in [9.17, 15) is 13.2 Å². The number of hydrogen-bond donors (Lipinski definition) is 1. The van der Waals surface area contributed by atoms with Crippen molar-refractivity contribution in [3.8, 4) is 21.8 Å². The van der Waals surface area contributed by atoms with Crippen molar-refractivity contribution in [2.24, 2.45) is 0 Å². The number of Topliss-reactive ketones (excluding diaryl/α,β-unsaturated/α-hetero) is 1. The van der Waals surface area contributed by atoms with E-state index >= 15 is 0 Å². The maximum absolute atomic E-state index is 12.8. The highest BCUT2D eigenvalue weighted by molar-refractivity contribution is 7.92. The molecule has 0 amide bonds. The second kappa shape index (κ2) is 8.22. The summed E-state index contributed by atoms with van der Waals surface area (Å²) < 4.78 is 28.1. The Balaban J connectivity index is 1.61. The highest BCUT2D eigenvalue weighted by Crippen LogP contribution is 2.30. The SMILES string of the molecule is CC(=O)c1cccc(S(=O)(=O)Nc2cccc(-c3csc(-c4ccccc4)n3)c2)c1. The molecule has 150 valence electrons. The molecule has 4 rings (SSSR count). The molecule has 1 heterocycles. The van der Waals surface area contributed by atoms with Gasteiger partial charge in [0.1, 0.15) is 5.01 Å². The quantitative estimate of drug-likeness (QED) is 0.408. The third-order valence-corrected chi connectivity index (χ3v) is 6.76. The Morgan fingerprint density at radius 1 is 0.900 bits per heavy atom. The van der Waals surface area contributed by atoms with Crippen LogP contribution in [0.4, 0.5) is 5.69 Å². The molecule has 0 saturated carbocycles. The lowest BCUT2D eigenvalue weighted by atomic mass is 10.1. The van der Waals surface area contributed by atoms with Crippen LogP contribution >= 0.6 is 11.3 Å². The van der Waals surface area contributed by atoms with Gasteiger partial charge < -0.3 is 0 Å². The molecule has 1 N–H and O–H groups in total. The van der Waals surface area contributed by atoms with Gasteiger partial charge in [0.15, 0.2) is 5.78 Å². The monoisotopic (exact) mass is 434 g/mol. The summed E-state index contributed by atoms with van der Waals surface area (Å²) in [4.78, 5) is 16.3. The largest absolute Gasteiger partial charge is 0.295 e. The van der Waals surface area contributed by atoms with Crippen LogP contribution in [0.5, 0.6) is 0 Å². The van der Waals surface area contributed by atoms with Crippen LogP contribution in [0.25, 0.3) is 21.8 Å². The summed E-state index contributed by atoms with van der Waals surface area (Å²) in [6.07, 6.45) is 0. The van der Waals surface area contributed by atoms with Crippen LogP contribution in [0.3, 0.4) is 0 Å². The second-order valence-electron chi connectivity index (χ2n) is 6.67. The molecule has 0 unspecified atom stereocenters. The Kier molecular flexibility index (Phi) is 5.48. The molecule has 0 aliphatic rings. The summed E-state index contributed by atoms with van der Waals surface area (Å²) in [5.74, 6) is -0.188. The van der Waals surface area contributed by atoms with E-state index in [1.54, 1.807) is 30.3 Å². The summed E-state index contributed by atoms with van der Waals surface area (Å²) in [6.45, 7) is 1.40. The summed E-state index contributed by atoms with van der Waals surface area (Å²) in [6, 6.07) is 23.0. The van der Waals surface area contributed by atoms with Crippen molar-refractivity contribution < 1.29 is 13.2 Å². The van der Waals surface area contributed by atoms with Crippen LogP contribution in [0.1, 0.15) is 17.3 Å². The summed E-state index contributed by atoms with van der Waals surface area (Å²) in [7, 11) is -3.83. The summed E-state index contributed by atoms with van der Waals surface area (Å²) in [5, 5.41) is 2.85. The molecule has 0 aliphatic carbocycles.